The summed E-state index contributed by atoms with van der Waals surface area (Å²) in [4.78, 5) is 26.3. The van der Waals surface area contributed by atoms with Crippen molar-refractivity contribution in [2.75, 3.05) is 18.4 Å². The van der Waals surface area contributed by atoms with Crippen molar-refractivity contribution < 1.29 is 14.7 Å². The van der Waals surface area contributed by atoms with E-state index in [0.29, 0.717) is 24.2 Å². The van der Waals surface area contributed by atoms with Crippen molar-refractivity contribution in [2.45, 2.75) is 18.9 Å². The molecule has 1 atom stereocenters. The minimum atomic E-state index is -0.446. The highest BCUT2D eigenvalue weighted by Crippen LogP contribution is 2.15. The number of nitrogens with one attached hydrogen (secondary N) is 1. The van der Waals surface area contributed by atoms with Crippen LogP contribution in [0.1, 0.15) is 33.6 Å². The Morgan fingerprint density at radius 2 is 1.67 bits per heavy atom. The lowest BCUT2D eigenvalue weighted by Gasteiger charge is -2.30. The van der Waals surface area contributed by atoms with E-state index in [9.17, 15) is 14.7 Å². The van der Waals surface area contributed by atoms with Crippen LogP contribution in [0.5, 0.6) is 0 Å². The van der Waals surface area contributed by atoms with Gasteiger partial charge in [0.25, 0.3) is 11.8 Å². The molecule has 0 saturated carbocycles. The van der Waals surface area contributed by atoms with Crippen molar-refractivity contribution in [3.8, 4) is 0 Å². The Kier molecular flexibility index (Phi) is 4.91. The lowest BCUT2D eigenvalue weighted by Crippen LogP contribution is -2.42. The highest BCUT2D eigenvalue weighted by atomic mass is 16.3. The summed E-state index contributed by atoms with van der Waals surface area (Å²) in [6.45, 7) is 1.03. The van der Waals surface area contributed by atoms with Crippen molar-refractivity contribution in [2.24, 2.45) is 0 Å². The normalized spacial score (nSPS) is 17.4. The first kappa shape index (κ1) is 16.2. The molecule has 1 heterocycles. The molecule has 1 unspecified atom stereocenters. The molecule has 2 N–H and O–H groups in total. The topological polar surface area (TPSA) is 69.6 Å². The van der Waals surface area contributed by atoms with Gasteiger partial charge in [-0.2, -0.15) is 0 Å². The molecule has 1 fully saturated rings. The molecule has 0 spiro atoms. The van der Waals surface area contributed by atoms with Crippen LogP contribution in [0.15, 0.2) is 54.6 Å². The first-order chi connectivity index (χ1) is 11.6. The van der Waals surface area contributed by atoms with Crippen molar-refractivity contribution in [1.29, 1.82) is 0 Å². The Morgan fingerprint density at radius 1 is 1.00 bits per heavy atom. The maximum Gasteiger partial charge on any atom is 0.255 e. The molecule has 24 heavy (non-hydrogen) atoms. The van der Waals surface area contributed by atoms with Gasteiger partial charge >= 0.3 is 0 Å². The Hall–Kier alpha value is -2.66. The van der Waals surface area contributed by atoms with E-state index in [1.165, 1.54) is 0 Å². The van der Waals surface area contributed by atoms with Crippen molar-refractivity contribution in [1.82, 2.24) is 4.90 Å². The number of hydrogen-bond acceptors (Lipinski definition) is 3. The average molecular weight is 324 g/mol. The number of amides is 2. The van der Waals surface area contributed by atoms with E-state index in [1.807, 2.05) is 30.3 Å². The van der Waals surface area contributed by atoms with Crippen LogP contribution in [0.3, 0.4) is 0 Å². The predicted octanol–water partition coefficient (Wildman–Crippen LogP) is 2.54. The van der Waals surface area contributed by atoms with Gasteiger partial charge in [-0.1, -0.05) is 18.2 Å². The Balaban J connectivity index is 1.66. The van der Waals surface area contributed by atoms with Crippen LogP contribution in [-0.2, 0) is 0 Å². The molecule has 0 radical (unpaired) electrons. The predicted molar refractivity (Wildman–Crippen MR) is 92.0 cm³/mol. The van der Waals surface area contributed by atoms with Crippen LogP contribution in [-0.4, -0.2) is 41.0 Å². The van der Waals surface area contributed by atoms with Gasteiger partial charge in [-0.25, -0.2) is 0 Å². The smallest absolute Gasteiger partial charge is 0.255 e. The molecule has 1 saturated heterocycles. The summed E-state index contributed by atoms with van der Waals surface area (Å²) in [6.07, 6.45) is 1.10. The number of carbonyl (C=O) groups is 2. The van der Waals surface area contributed by atoms with Crippen molar-refractivity contribution in [3.63, 3.8) is 0 Å². The molecule has 0 bridgehead atoms. The molecule has 2 aromatic rings. The summed E-state index contributed by atoms with van der Waals surface area (Å²) in [5.41, 5.74) is 1.75. The standard InChI is InChI=1S/C19H20N2O3/c22-17-7-4-12-21(13-17)19(24)15-10-8-14(9-11-15)18(23)20-16-5-2-1-3-6-16/h1-3,5-6,8-11,17,22H,4,7,12-13H2,(H,20,23). The number of para-hydroxylation sites is 1. The molecule has 3 rings (SSSR count). The van der Waals surface area contributed by atoms with E-state index in [-0.39, 0.29) is 11.8 Å². The summed E-state index contributed by atoms with van der Waals surface area (Å²) in [5.74, 6) is -0.322. The van der Waals surface area contributed by atoms with E-state index in [0.717, 1.165) is 18.5 Å². The van der Waals surface area contributed by atoms with Gasteiger partial charge in [0.05, 0.1) is 6.10 Å². The molecule has 2 aromatic carbocycles. The summed E-state index contributed by atoms with van der Waals surface area (Å²) < 4.78 is 0. The third-order valence-electron chi connectivity index (χ3n) is 4.11. The van der Waals surface area contributed by atoms with Gasteiger partial charge in [-0.15, -0.1) is 0 Å². The third-order valence-corrected chi connectivity index (χ3v) is 4.11. The maximum absolute atomic E-state index is 12.4. The lowest BCUT2D eigenvalue weighted by molar-refractivity contribution is 0.0473. The third kappa shape index (κ3) is 3.81. The summed E-state index contributed by atoms with van der Waals surface area (Å²) >= 11 is 0. The molecular formula is C19H20N2O3. The number of hydrogen-bond donors (Lipinski definition) is 2. The fourth-order valence-corrected chi connectivity index (χ4v) is 2.81. The Morgan fingerprint density at radius 3 is 2.33 bits per heavy atom. The van der Waals surface area contributed by atoms with Gasteiger partial charge in [-0.3, -0.25) is 9.59 Å². The second kappa shape index (κ2) is 7.27. The van der Waals surface area contributed by atoms with Crippen LogP contribution in [0.2, 0.25) is 0 Å². The average Bonchev–Trinajstić information content (AvgIpc) is 2.62. The zero-order valence-corrected chi connectivity index (χ0v) is 13.3. The van der Waals surface area contributed by atoms with Crippen LogP contribution >= 0.6 is 0 Å². The van der Waals surface area contributed by atoms with Gasteiger partial charge in [0.15, 0.2) is 0 Å². The Bertz CT molecular complexity index is 713. The zero-order valence-electron chi connectivity index (χ0n) is 13.3. The van der Waals surface area contributed by atoms with Crippen molar-refractivity contribution >= 4 is 17.5 Å². The molecule has 1 aliphatic rings. The monoisotopic (exact) mass is 324 g/mol. The van der Waals surface area contributed by atoms with Gasteiger partial charge in [0, 0.05) is 29.9 Å². The maximum atomic E-state index is 12.4. The molecule has 5 heteroatoms. The number of aliphatic hydroxyl groups excluding tert-OH is 1. The molecule has 0 aromatic heterocycles. The second-order valence-corrected chi connectivity index (χ2v) is 5.94. The van der Waals surface area contributed by atoms with Gasteiger partial charge in [0.2, 0.25) is 0 Å². The number of carbonyl (C=O) groups excluding carboxylic acids is 2. The second-order valence-electron chi connectivity index (χ2n) is 5.94. The largest absolute Gasteiger partial charge is 0.391 e. The number of rotatable bonds is 3. The number of aliphatic hydroxyl groups is 1. The number of nitrogens with zero attached hydrogens (tertiary/aromatic N) is 1. The minimum absolute atomic E-state index is 0.108. The molecule has 2 amide bonds. The molecule has 1 aliphatic heterocycles. The number of likely N-dealkylation sites (tertiary alicyclic amines) is 1. The minimum Gasteiger partial charge on any atom is -0.391 e. The van der Waals surface area contributed by atoms with Crippen LogP contribution in [0, 0.1) is 0 Å². The molecule has 124 valence electrons. The molecule has 0 aliphatic carbocycles. The van der Waals surface area contributed by atoms with Crippen molar-refractivity contribution in [3.05, 3.63) is 65.7 Å². The molecule has 5 nitrogen and oxygen atoms in total. The van der Waals surface area contributed by atoms with Gasteiger partial charge < -0.3 is 15.3 Å². The fraction of sp³-hybridized carbons (Fsp3) is 0.263. The van der Waals surface area contributed by atoms with Crippen LogP contribution in [0.4, 0.5) is 5.69 Å². The first-order valence-electron chi connectivity index (χ1n) is 8.07. The van der Waals surface area contributed by atoms with E-state index in [4.69, 9.17) is 0 Å². The SMILES string of the molecule is O=C(Nc1ccccc1)c1ccc(C(=O)N2CCCC(O)C2)cc1. The first-order valence-corrected chi connectivity index (χ1v) is 8.07. The van der Waals surface area contributed by atoms with Gasteiger partial charge in [-0.05, 0) is 49.2 Å². The highest BCUT2D eigenvalue weighted by Gasteiger charge is 2.23. The zero-order chi connectivity index (χ0) is 16.9. The van der Waals surface area contributed by atoms with Crippen LogP contribution < -0.4 is 5.32 Å². The lowest BCUT2D eigenvalue weighted by atomic mass is 10.1. The Labute approximate surface area is 140 Å². The summed E-state index contributed by atoms with van der Waals surface area (Å²) in [6, 6.07) is 15.8. The quantitative estimate of drug-likeness (QED) is 0.911. The van der Waals surface area contributed by atoms with E-state index in [1.54, 1.807) is 29.2 Å². The number of piperidine rings is 1. The van der Waals surface area contributed by atoms with Gasteiger partial charge in [0.1, 0.15) is 0 Å². The summed E-state index contributed by atoms with van der Waals surface area (Å²) in [7, 11) is 0. The summed E-state index contributed by atoms with van der Waals surface area (Å²) in [5, 5.41) is 12.5. The highest BCUT2D eigenvalue weighted by molar-refractivity contribution is 6.05. The van der Waals surface area contributed by atoms with Crippen LogP contribution in [0.25, 0.3) is 0 Å². The fourth-order valence-electron chi connectivity index (χ4n) is 2.81. The number of benzene rings is 2. The molecular weight excluding hydrogens is 304 g/mol. The van der Waals surface area contributed by atoms with E-state index >= 15 is 0 Å². The number of anilines is 1. The number of β-amino-alcohol motifs (C(OH)–C–C–N with tert-alkyl or cyclic N) is 1. The van der Waals surface area contributed by atoms with E-state index < -0.39 is 6.10 Å². The van der Waals surface area contributed by atoms with E-state index in [2.05, 4.69) is 5.32 Å².